The van der Waals surface area contributed by atoms with Gasteiger partial charge in [0, 0.05) is 31.1 Å². The Balaban J connectivity index is 3.60. The molecule has 0 fully saturated rings. The van der Waals surface area contributed by atoms with Crippen LogP contribution in [0.2, 0.25) is 0 Å². The van der Waals surface area contributed by atoms with Crippen molar-refractivity contribution in [2.45, 2.75) is 20.3 Å². The number of hydrogen-bond acceptors (Lipinski definition) is 2. The average molecular weight is 229 g/mol. The summed E-state index contributed by atoms with van der Waals surface area (Å²) in [6.07, 6.45) is 3.02. The van der Waals surface area contributed by atoms with Crippen LogP contribution < -0.4 is 10.6 Å². The average Bonchev–Trinajstić information content (AvgIpc) is 2.25. The van der Waals surface area contributed by atoms with Gasteiger partial charge in [-0.05, 0) is 13.3 Å². The van der Waals surface area contributed by atoms with E-state index in [0.717, 1.165) is 43.5 Å². The molecule has 0 atom stereocenters. The van der Waals surface area contributed by atoms with Crippen LogP contribution in [0.5, 0.6) is 0 Å². The second-order valence-electron chi connectivity index (χ2n) is 3.05. The van der Waals surface area contributed by atoms with E-state index in [4.69, 9.17) is 0 Å². The van der Waals surface area contributed by atoms with Gasteiger partial charge >= 0.3 is 0 Å². The summed E-state index contributed by atoms with van der Waals surface area (Å²) in [6.45, 7) is 10.6. The van der Waals surface area contributed by atoms with E-state index in [-0.39, 0.29) is 0 Å². The van der Waals surface area contributed by atoms with E-state index < -0.39 is 0 Å². The minimum absolute atomic E-state index is 0.884. The maximum absolute atomic E-state index is 4.41. The highest BCUT2D eigenvalue weighted by molar-refractivity contribution is 7.99. The van der Waals surface area contributed by atoms with Gasteiger partial charge in [0.15, 0.2) is 5.96 Å². The molecule has 0 heterocycles. The Morgan fingerprint density at radius 3 is 2.80 bits per heavy atom. The smallest absolute Gasteiger partial charge is 0.191 e. The molecule has 0 bridgehead atoms. The van der Waals surface area contributed by atoms with Crippen molar-refractivity contribution in [3.8, 4) is 0 Å². The van der Waals surface area contributed by atoms with E-state index >= 15 is 0 Å². The number of nitrogens with one attached hydrogen (secondary N) is 2. The molecule has 0 amide bonds. The molecule has 88 valence electrons. The lowest BCUT2D eigenvalue weighted by Gasteiger charge is -2.10. The molecule has 0 aromatic rings. The van der Waals surface area contributed by atoms with Gasteiger partial charge in [-0.15, -0.1) is 6.58 Å². The Morgan fingerprint density at radius 1 is 1.40 bits per heavy atom. The van der Waals surface area contributed by atoms with Gasteiger partial charge in [-0.3, -0.25) is 4.99 Å². The molecule has 0 aromatic carbocycles. The molecular formula is C11H23N3S. The largest absolute Gasteiger partial charge is 0.357 e. The molecule has 0 spiro atoms. The minimum atomic E-state index is 0.884. The number of nitrogens with zero attached hydrogens (tertiary/aromatic N) is 1. The molecule has 0 radical (unpaired) electrons. The molecule has 0 aliphatic carbocycles. The third kappa shape index (κ3) is 9.66. The van der Waals surface area contributed by atoms with Gasteiger partial charge < -0.3 is 10.6 Å². The molecule has 0 unspecified atom stereocenters. The molecule has 0 saturated carbocycles. The second-order valence-corrected chi connectivity index (χ2v) is 4.20. The first-order valence-electron chi connectivity index (χ1n) is 5.56. The Kier molecular flexibility index (Phi) is 10.9. The summed E-state index contributed by atoms with van der Waals surface area (Å²) in [5, 5.41) is 6.52. The standard InChI is InChI=1S/C11H23N3S/c1-4-7-13-11(12-6-3)14-8-10-15-9-5-2/h5H,2,4,6-10H2,1,3H3,(H2,12,13,14). The summed E-state index contributed by atoms with van der Waals surface area (Å²) in [4.78, 5) is 4.41. The predicted molar refractivity (Wildman–Crippen MR) is 71.8 cm³/mol. The fraction of sp³-hybridized carbons (Fsp3) is 0.727. The molecule has 0 rings (SSSR count). The third-order valence-electron chi connectivity index (χ3n) is 1.61. The number of hydrogen-bond donors (Lipinski definition) is 2. The van der Waals surface area contributed by atoms with Gasteiger partial charge in [0.2, 0.25) is 0 Å². The van der Waals surface area contributed by atoms with Crippen molar-refractivity contribution in [1.29, 1.82) is 0 Å². The monoisotopic (exact) mass is 229 g/mol. The Labute approximate surface area is 97.8 Å². The van der Waals surface area contributed by atoms with Crippen molar-refractivity contribution >= 4 is 17.7 Å². The molecule has 2 N–H and O–H groups in total. The molecule has 0 aliphatic heterocycles. The first-order valence-corrected chi connectivity index (χ1v) is 6.71. The molecular weight excluding hydrogens is 206 g/mol. The zero-order chi connectivity index (χ0) is 11.4. The van der Waals surface area contributed by atoms with Crippen LogP contribution in [-0.4, -0.2) is 37.1 Å². The van der Waals surface area contributed by atoms with Gasteiger partial charge in [0.05, 0.1) is 0 Å². The second kappa shape index (κ2) is 11.4. The fourth-order valence-corrected chi connectivity index (χ4v) is 1.55. The molecule has 0 aliphatic rings. The summed E-state index contributed by atoms with van der Waals surface area (Å²) in [5.74, 6) is 3.03. The molecule has 15 heavy (non-hydrogen) atoms. The molecule has 0 aromatic heterocycles. The first-order chi connectivity index (χ1) is 7.35. The zero-order valence-electron chi connectivity index (χ0n) is 9.88. The summed E-state index contributed by atoms with van der Waals surface area (Å²) in [5.41, 5.74) is 0. The molecule has 3 nitrogen and oxygen atoms in total. The van der Waals surface area contributed by atoms with Gasteiger partial charge in [0.1, 0.15) is 0 Å². The van der Waals surface area contributed by atoms with Gasteiger partial charge in [-0.2, -0.15) is 11.8 Å². The van der Waals surface area contributed by atoms with Crippen molar-refractivity contribution in [2.24, 2.45) is 4.99 Å². The summed E-state index contributed by atoms with van der Waals surface area (Å²) in [6, 6.07) is 0. The normalized spacial score (nSPS) is 11.2. The van der Waals surface area contributed by atoms with Crippen LogP contribution in [0.1, 0.15) is 20.3 Å². The van der Waals surface area contributed by atoms with Crippen LogP contribution in [0, 0.1) is 0 Å². The topological polar surface area (TPSA) is 36.4 Å². The van der Waals surface area contributed by atoms with Gasteiger partial charge in [-0.25, -0.2) is 0 Å². The van der Waals surface area contributed by atoms with Crippen LogP contribution in [0.15, 0.2) is 17.6 Å². The molecule has 0 saturated heterocycles. The van der Waals surface area contributed by atoms with Crippen LogP contribution in [-0.2, 0) is 0 Å². The Bertz CT molecular complexity index is 181. The van der Waals surface area contributed by atoms with E-state index in [1.807, 2.05) is 17.8 Å². The lowest BCUT2D eigenvalue weighted by Crippen LogP contribution is -2.38. The van der Waals surface area contributed by atoms with Crippen LogP contribution in [0.4, 0.5) is 0 Å². The van der Waals surface area contributed by atoms with E-state index in [0.29, 0.717) is 0 Å². The summed E-state index contributed by atoms with van der Waals surface area (Å²) in [7, 11) is 0. The van der Waals surface area contributed by atoms with Crippen molar-refractivity contribution in [3.63, 3.8) is 0 Å². The van der Waals surface area contributed by atoms with Crippen molar-refractivity contribution in [3.05, 3.63) is 12.7 Å². The Morgan fingerprint density at radius 2 is 2.20 bits per heavy atom. The van der Waals surface area contributed by atoms with Gasteiger partial charge in [0.25, 0.3) is 0 Å². The number of aliphatic imine (C=N–C) groups is 1. The maximum Gasteiger partial charge on any atom is 0.191 e. The van der Waals surface area contributed by atoms with Crippen molar-refractivity contribution < 1.29 is 0 Å². The Hall–Kier alpha value is -0.640. The first kappa shape index (κ1) is 14.4. The van der Waals surface area contributed by atoms with E-state index in [1.165, 1.54) is 0 Å². The summed E-state index contributed by atoms with van der Waals surface area (Å²) < 4.78 is 0. The SMILES string of the molecule is C=CCSCCNC(=NCCC)NCC. The highest BCUT2D eigenvalue weighted by Crippen LogP contribution is 1.96. The van der Waals surface area contributed by atoms with Crippen molar-refractivity contribution in [2.75, 3.05) is 31.1 Å². The van der Waals surface area contributed by atoms with E-state index in [1.54, 1.807) is 0 Å². The lowest BCUT2D eigenvalue weighted by molar-refractivity contribution is 0.830. The highest BCUT2D eigenvalue weighted by Gasteiger charge is 1.94. The van der Waals surface area contributed by atoms with E-state index in [9.17, 15) is 0 Å². The maximum atomic E-state index is 4.41. The quantitative estimate of drug-likeness (QED) is 0.289. The third-order valence-corrected chi connectivity index (χ3v) is 2.58. The van der Waals surface area contributed by atoms with Gasteiger partial charge in [-0.1, -0.05) is 13.0 Å². The van der Waals surface area contributed by atoms with Crippen LogP contribution in [0.25, 0.3) is 0 Å². The van der Waals surface area contributed by atoms with Crippen molar-refractivity contribution in [1.82, 2.24) is 10.6 Å². The zero-order valence-corrected chi connectivity index (χ0v) is 10.7. The predicted octanol–water partition coefficient (Wildman–Crippen LogP) is 1.87. The van der Waals surface area contributed by atoms with Crippen LogP contribution >= 0.6 is 11.8 Å². The molecule has 4 heteroatoms. The highest BCUT2D eigenvalue weighted by atomic mass is 32.2. The number of thioether (sulfide) groups is 1. The minimum Gasteiger partial charge on any atom is -0.357 e. The lowest BCUT2D eigenvalue weighted by atomic mass is 10.5. The van der Waals surface area contributed by atoms with Crippen LogP contribution in [0.3, 0.4) is 0 Å². The van der Waals surface area contributed by atoms with E-state index in [2.05, 4.69) is 36.1 Å². The number of rotatable bonds is 8. The summed E-state index contributed by atoms with van der Waals surface area (Å²) >= 11 is 1.87. The number of guanidine groups is 1. The fourth-order valence-electron chi connectivity index (χ4n) is 0.974.